The normalized spacial score (nSPS) is 21.0. The second-order valence-corrected chi connectivity index (χ2v) is 8.16. The van der Waals surface area contributed by atoms with Gasteiger partial charge < -0.3 is 19.0 Å². The molecule has 2 aliphatic heterocycles. The molecule has 1 fully saturated rings. The van der Waals surface area contributed by atoms with E-state index in [1.54, 1.807) is 24.1 Å². The number of piperidine rings is 1. The van der Waals surface area contributed by atoms with E-state index in [0.29, 0.717) is 30.8 Å². The number of Topliss-reactive ketones (excluding diaryl/α,β-unsaturated/α-hetero) is 1. The monoisotopic (exact) mass is 410 g/mol. The molecule has 0 N–H and O–H groups in total. The van der Waals surface area contributed by atoms with E-state index in [-0.39, 0.29) is 41.9 Å². The average molecular weight is 410 g/mol. The number of aryl methyl sites for hydroxylation is 1. The van der Waals surface area contributed by atoms with E-state index in [0.717, 1.165) is 18.4 Å². The molecule has 158 valence electrons. The quantitative estimate of drug-likeness (QED) is 0.774. The van der Waals surface area contributed by atoms with Gasteiger partial charge in [-0.1, -0.05) is 11.6 Å². The van der Waals surface area contributed by atoms with E-state index in [1.807, 2.05) is 25.1 Å². The van der Waals surface area contributed by atoms with Gasteiger partial charge in [0.15, 0.2) is 11.5 Å². The highest BCUT2D eigenvalue weighted by Gasteiger charge is 2.36. The number of rotatable bonds is 4. The molecule has 2 aromatic rings. The summed E-state index contributed by atoms with van der Waals surface area (Å²) in [5, 5.41) is 0. The molecular weight excluding hydrogens is 384 g/mol. The van der Waals surface area contributed by atoms with E-state index in [1.165, 1.54) is 11.2 Å². The summed E-state index contributed by atoms with van der Waals surface area (Å²) >= 11 is 0. The Balaban J connectivity index is 1.38. The summed E-state index contributed by atoms with van der Waals surface area (Å²) in [7, 11) is 1.59. The van der Waals surface area contributed by atoms with Crippen molar-refractivity contribution in [2.45, 2.75) is 32.3 Å². The van der Waals surface area contributed by atoms with Crippen LogP contribution in [0.3, 0.4) is 0 Å². The zero-order chi connectivity index (χ0) is 21.3. The Morgan fingerprint density at radius 1 is 1.27 bits per heavy atom. The van der Waals surface area contributed by atoms with Gasteiger partial charge in [-0.05, 0) is 44.0 Å². The predicted molar refractivity (Wildman–Crippen MR) is 110 cm³/mol. The fourth-order valence-corrected chi connectivity index (χ4v) is 4.23. The van der Waals surface area contributed by atoms with E-state index in [4.69, 9.17) is 9.15 Å². The van der Waals surface area contributed by atoms with Crippen LogP contribution in [-0.4, -0.2) is 60.2 Å². The minimum absolute atomic E-state index is 0.0151. The molecule has 7 nitrogen and oxygen atoms in total. The summed E-state index contributed by atoms with van der Waals surface area (Å²) in [6.07, 6.45) is 3.29. The molecule has 30 heavy (non-hydrogen) atoms. The molecular formula is C23H26N2O5. The molecule has 0 spiro atoms. The van der Waals surface area contributed by atoms with Gasteiger partial charge in [-0.2, -0.15) is 0 Å². The summed E-state index contributed by atoms with van der Waals surface area (Å²) in [6.45, 7) is 3.12. The Morgan fingerprint density at radius 2 is 2.10 bits per heavy atom. The summed E-state index contributed by atoms with van der Waals surface area (Å²) < 4.78 is 11.3. The molecule has 0 radical (unpaired) electrons. The predicted octanol–water partition coefficient (Wildman–Crippen LogP) is 2.93. The third kappa shape index (κ3) is 4.10. The molecule has 2 unspecified atom stereocenters. The number of hydrogen-bond acceptors (Lipinski definition) is 5. The molecule has 1 saturated heterocycles. The number of ketones is 1. The van der Waals surface area contributed by atoms with Gasteiger partial charge in [0, 0.05) is 32.5 Å². The van der Waals surface area contributed by atoms with Crippen LogP contribution >= 0.6 is 0 Å². The van der Waals surface area contributed by atoms with Gasteiger partial charge in [0.05, 0.1) is 18.4 Å². The number of nitrogens with zero attached hydrogens (tertiary/aromatic N) is 2. The van der Waals surface area contributed by atoms with Crippen LogP contribution in [0, 0.1) is 12.8 Å². The largest absolute Gasteiger partial charge is 0.489 e. The van der Waals surface area contributed by atoms with Crippen molar-refractivity contribution in [3.05, 3.63) is 53.5 Å². The number of hydrogen-bond donors (Lipinski definition) is 0. The summed E-state index contributed by atoms with van der Waals surface area (Å²) in [5.41, 5.74) is 1.68. The van der Waals surface area contributed by atoms with Crippen molar-refractivity contribution in [1.82, 2.24) is 9.80 Å². The highest BCUT2D eigenvalue weighted by Crippen LogP contribution is 2.33. The van der Waals surface area contributed by atoms with Crippen LogP contribution in [0.2, 0.25) is 0 Å². The molecule has 0 bridgehead atoms. The van der Waals surface area contributed by atoms with Gasteiger partial charge in [-0.3, -0.25) is 14.4 Å². The number of likely N-dealkylation sites (tertiary alicyclic amines) is 1. The number of carbonyl (C=O) groups is 3. The average Bonchev–Trinajstić information content (AvgIpc) is 3.28. The smallest absolute Gasteiger partial charge is 0.289 e. The lowest BCUT2D eigenvalue weighted by Crippen LogP contribution is -2.49. The maximum Gasteiger partial charge on any atom is 0.289 e. The third-order valence-electron chi connectivity index (χ3n) is 5.89. The maximum absolute atomic E-state index is 12.8. The molecule has 2 atom stereocenters. The van der Waals surface area contributed by atoms with Crippen LogP contribution in [0.15, 0.2) is 41.0 Å². The van der Waals surface area contributed by atoms with Gasteiger partial charge >= 0.3 is 0 Å². The van der Waals surface area contributed by atoms with E-state index < -0.39 is 0 Å². The third-order valence-corrected chi connectivity index (χ3v) is 5.89. The second-order valence-electron chi connectivity index (χ2n) is 8.16. The fourth-order valence-electron chi connectivity index (χ4n) is 4.23. The summed E-state index contributed by atoms with van der Waals surface area (Å²) in [4.78, 5) is 40.9. The Hall–Kier alpha value is -3.09. The first kappa shape index (κ1) is 20.2. The number of carbonyl (C=O) groups excluding carboxylic acids is 3. The van der Waals surface area contributed by atoms with Crippen LogP contribution in [0.5, 0.6) is 5.75 Å². The zero-order valence-electron chi connectivity index (χ0n) is 17.3. The maximum atomic E-state index is 12.8. The van der Waals surface area contributed by atoms with Crippen LogP contribution in [0.25, 0.3) is 0 Å². The lowest BCUT2D eigenvalue weighted by molar-refractivity contribution is -0.134. The Labute approximate surface area is 175 Å². The topological polar surface area (TPSA) is 80.1 Å². The van der Waals surface area contributed by atoms with Crippen molar-refractivity contribution < 1.29 is 23.5 Å². The van der Waals surface area contributed by atoms with E-state index >= 15 is 0 Å². The Bertz CT molecular complexity index is 953. The first-order chi connectivity index (χ1) is 14.4. The van der Waals surface area contributed by atoms with Crippen molar-refractivity contribution in [2.75, 3.05) is 26.7 Å². The number of ether oxygens (including phenoxy) is 1. The molecule has 0 aliphatic carbocycles. The molecule has 4 rings (SSSR count). The Morgan fingerprint density at radius 3 is 2.87 bits per heavy atom. The number of fused-ring (bicyclic) bond motifs is 1. The first-order valence-electron chi connectivity index (χ1n) is 10.3. The van der Waals surface area contributed by atoms with Gasteiger partial charge in [-0.25, -0.2) is 0 Å². The fraction of sp³-hybridized carbons (Fsp3) is 0.435. The Kier molecular flexibility index (Phi) is 5.61. The molecule has 7 heteroatoms. The minimum atomic E-state index is -0.324. The first-order valence-corrected chi connectivity index (χ1v) is 10.3. The van der Waals surface area contributed by atoms with Gasteiger partial charge in [0.2, 0.25) is 5.91 Å². The SMILES string of the molecule is Cc1ccc2c(c1)C(=O)CC(C1CCCN(C(=O)CN(C)C(=O)c3ccco3)C1)O2. The molecule has 1 aromatic carbocycles. The van der Waals surface area contributed by atoms with Crippen LogP contribution in [0.1, 0.15) is 45.7 Å². The summed E-state index contributed by atoms with van der Waals surface area (Å²) in [6, 6.07) is 8.89. The van der Waals surface area contributed by atoms with Crippen LogP contribution in [0.4, 0.5) is 0 Å². The number of furan rings is 1. The molecule has 3 heterocycles. The molecule has 2 amide bonds. The highest BCUT2D eigenvalue weighted by molar-refractivity contribution is 6.00. The highest BCUT2D eigenvalue weighted by atomic mass is 16.5. The standard InChI is InChI=1S/C23H26N2O5/c1-15-7-8-19-17(11-15)18(26)12-21(30-19)16-5-3-9-25(13-16)22(27)14-24(2)23(28)20-6-4-10-29-20/h4,6-8,10-11,16,21H,3,5,9,12-14H2,1-2H3. The van der Waals surface area contributed by atoms with Crippen molar-refractivity contribution in [1.29, 1.82) is 0 Å². The van der Waals surface area contributed by atoms with Gasteiger partial charge in [0.1, 0.15) is 11.9 Å². The van der Waals surface area contributed by atoms with E-state index in [9.17, 15) is 14.4 Å². The van der Waals surface area contributed by atoms with Crippen molar-refractivity contribution in [3.63, 3.8) is 0 Å². The number of amides is 2. The molecule has 1 aromatic heterocycles. The van der Waals surface area contributed by atoms with Crippen LogP contribution < -0.4 is 4.74 Å². The van der Waals surface area contributed by atoms with Crippen molar-refractivity contribution in [3.8, 4) is 5.75 Å². The minimum Gasteiger partial charge on any atom is -0.489 e. The number of likely N-dealkylation sites (N-methyl/N-ethyl adjacent to an activating group) is 1. The van der Waals surface area contributed by atoms with E-state index in [2.05, 4.69) is 0 Å². The van der Waals surface area contributed by atoms with Gasteiger partial charge in [-0.15, -0.1) is 0 Å². The lowest BCUT2D eigenvalue weighted by Gasteiger charge is -2.38. The summed E-state index contributed by atoms with van der Waals surface area (Å²) in [5.74, 6) is 0.596. The molecule has 0 saturated carbocycles. The zero-order valence-corrected chi connectivity index (χ0v) is 17.3. The van der Waals surface area contributed by atoms with Gasteiger partial charge in [0.25, 0.3) is 5.91 Å². The van der Waals surface area contributed by atoms with Crippen molar-refractivity contribution >= 4 is 17.6 Å². The second kappa shape index (κ2) is 8.34. The number of benzene rings is 1. The van der Waals surface area contributed by atoms with Crippen molar-refractivity contribution in [2.24, 2.45) is 5.92 Å². The lowest BCUT2D eigenvalue weighted by atomic mass is 9.86. The molecule has 2 aliphatic rings. The van der Waals surface area contributed by atoms with Crippen LogP contribution in [-0.2, 0) is 4.79 Å².